The van der Waals surface area contributed by atoms with Gasteiger partial charge in [0.2, 0.25) is 0 Å². The fourth-order valence-corrected chi connectivity index (χ4v) is 4.96. The lowest BCUT2D eigenvalue weighted by Gasteiger charge is -2.36. The monoisotopic (exact) mass is 418 g/mol. The number of benzene rings is 1. The fourth-order valence-electron chi connectivity index (χ4n) is 4.96. The topological polar surface area (TPSA) is 72.8 Å². The molecule has 1 fully saturated rings. The molecule has 166 valence electrons. The van der Waals surface area contributed by atoms with Crippen LogP contribution in [-0.4, -0.2) is 39.6 Å². The van der Waals surface area contributed by atoms with Gasteiger partial charge < -0.3 is 20.4 Å². The number of carbonyl (C=O) groups is 1. The molecule has 6 heteroatoms. The molecule has 1 aromatic carbocycles. The summed E-state index contributed by atoms with van der Waals surface area (Å²) in [6.45, 7) is 11.2. The Morgan fingerprint density at radius 3 is 2.53 bits per heavy atom. The molecule has 2 aliphatic rings. The summed E-state index contributed by atoms with van der Waals surface area (Å²) in [5, 5.41) is 23.0. The second-order valence-electron chi connectivity index (χ2n) is 9.53. The molecular weight excluding hydrogens is 383 g/mol. The zero-order valence-electron chi connectivity index (χ0n) is 18.3. The summed E-state index contributed by atoms with van der Waals surface area (Å²) in [5.41, 5.74) is 0.684. The molecule has 3 N–H and O–H groups in total. The van der Waals surface area contributed by atoms with Gasteiger partial charge in [-0.15, -0.1) is 0 Å². The smallest absolute Gasteiger partial charge is 0.257 e. The fraction of sp³-hybridized carbons (Fsp3) is 0.625. The van der Waals surface area contributed by atoms with Crippen LogP contribution in [0.25, 0.3) is 0 Å². The highest BCUT2D eigenvalue weighted by Gasteiger charge is 2.34. The summed E-state index contributed by atoms with van der Waals surface area (Å²) in [7, 11) is 0. The third-order valence-electron chi connectivity index (χ3n) is 6.72. The van der Waals surface area contributed by atoms with E-state index in [-0.39, 0.29) is 29.3 Å². The van der Waals surface area contributed by atoms with Crippen LogP contribution in [0.3, 0.4) is 0 Å². The minimum absolute atomic E-state index is 0.0296. The van der Waals surface area contributed by atoms with Gasteiger partial charge in [0, 0.05) is 19.1 Å². The lowest BCUT2D eigenvalue weighted by molar-refractivity contribution is 0.0720. The molecule has 1 saturated carbocycles. The highest BCUT2D eigenvalue weighted by atomic mass is 19.1. The average Bonchev–Trinajstić information content (AvgIpc) is 3.00. The standard InChI is InChI=1S/C24H35FN2O3/c1-14(2)11-20(16(4)28)26-15(3)18-7-5-17(6-8-18)12-27-13-19-9-10-21(29)23(25)22(19)24(27)30/h9-10,14-15,17-18,20,26,28-29H,4-8,11-13H2,1-3H3/t15?,17?,18?,20-/m1/s1. The number of carbonyl (C=O) groups excluding carboxylic acids is 1. The van der Waals surface area contributed by atoms with Gasteiger partial charge in [0.15, 0.2) is 11.6 Å². The summed E-state index contributed by atoms with van der Waals surface area (Å²) in [6, 6.07) is 3.16. The minimum Gasteiger partial charge on any atom is -0.511 e. The molecule has 1 heterocycles. The highest BCUT2D eigenvalue weighted by molar-refractivity contribution is 5.99. The molecule has 3 rings (SSSR count). The van der Waals surface area contributed by atoms with E-state index in [1.165, 1.54) is 6.07 Å². The lowest BCUT2D eigenvalue weighted by atomic mass is 9.78. The molecule has 0 aromatic heterocycles. The van der Waals surface area contributed by atoms with Crippen LogP contribution in [0.2, 0.25) is 0 Å². The third kappa shape index (κ3) is 4.97. The first kappa shape index (κ1) is 22.6. The number of fused-ring (bicyclic) bond motifs is 1. The number of phenols is 1. The summed E-state index contributed by atoms with van der Waals surface area (Å²) in [6.07, 6.45) is 5.04. The maximum Gasteiger partial charge on any atom is 0.257 e. The molecule has 1 aromatic rings. The first-order chi connectivity index (χ1) is 14.2. The molecule has 0 spiro atoms. The van der Waals surface area contributed by atoms with E-state index in [1.807, 2.05) is 0 Å². The molecule has 0 bridgehead atoms. The van der Waals surface area contributed by atoms with Crippen LogP contribution in [0, 0.1) is 23.6 Å². The Morgan fingerprint density at radius 1 is 1.27 bits per heavy atom. The van der Waals surface area contributed by atoms with E-state index in [0.29, 0.717) is 36.4 Å². The molecule has 1 amide bonds. The first-order valence-electron chi connectivity index (χ1n) is 11.1. The number of halogens is 1. The van der Waals surface area contributed by atoms with Crippen molar-refractivity contribution >= 4 is 5.91 Å². The predicted molar refractivity (Wildman–Crippen MR) is 116 cm³/mol. The molecule has 0 radical (unpaired) electrons. The van der Waals surface area contributed by atoms with E-state index in [9.17, 15) is 19.4 Å². The van der Waals surface area contributed by atoms with E-state index in [4.69, 9.17) is 0 Å². The summed E-state index contributed by atoms with van der Waals surface area (Å²) < 4.78 is 14.2. The molecule has 1 aliphatic carbocycles. The molecule has 1 aliphatic heterocycles. The van der Waals surface area contributed by atoms with E-state index < -0.39 is 11.6 Å². The number of hydrogen-bond acceptors (Lipinski definition) is 4. The van der Waals surface area contributed by atoms with Gasteiger partial charge in [0.1, 0.15) is 5.76 Å². The van der Waals surface area contributed by atoms with Crippen LogP contribution in [0.1, 0.15) is 68.8 Å². The molecule has 2 atom stereocenters. The largest absolute Gasteiger partial charge is 0.511 e. The number of aliphatic hydroxyl groups is 1. The van der Waals surface area contributed by atoms with E-state index >= 15 is 0 Å². The molecule has 30 heavy (non-hydrogen) atoms. The molecular formula is C24H35FN2O3. The average molecular weight is 419 g/mol. The maximum absolute atomic E-state index is 14.2. The summed E-state index contributed by atoms with van der Waals surface area (Å²) >= 11 is 0. The Morgan fingerprint density at radius 2 is 1.93 bits per heavy atom. The van der Waals surface area contributed by atoms with Crippen molar-refractivity contribution in [2.45, 2.75) is 71.5 Å². The predicted octanol–water partition coefficient (Wildman–Crippen LogP) is 4.76. The van der Waals surface area contributed by atoms with Gasteiger partial charge in [-0.05, 0) is 68.4 Å². The van der Waals surface area contributed by atoms with Crippen molar-refractivity contribution in [3.8, 4) is 5.75 Å². The van der Waals surface area contributed by atoms with Crippen LogP contribution in [0.4, 0.5) is 4.39 Å². The van der Waals surface area contributed by atoms with Crippen LogP contribution in [0.15, 0.2) is 24.5 Å². The quantitative estimate of drug-likeness (QED) is 0.532. The Balaban J connectivity index is 1.51. The Hall–Kier alpha value is -2.08. The Labute approximate surface area is 179 Å². The second kappa shape index (κ2) is 9.38. The molecule has 1 unspecified atom stereocenters. The van der Waals surface area contributed by atoms with Gasteiger partial charge in [-0.2, -0.15) is 0 Å². The van der Waals surface area contributed by atoms with Crippen molar-refractivity contribution in [2.24, 2.45) is 17.8 Å². The zero-order chi connectivity index (χ0) is 22.0. The van der Waals surface area contributed by atoms with Crippen LogP contribution in [0.5, 0.6) is 5.75 Å². The van der Waals surface area contributed by atoms with Crippen molar-refractivity contribution in [3.63, 3.8) is 0 Å². The number of nitrogens with zero attached hydrogens (tertiary/aromatic N) is 1. The summed E-state index contributed by atoms with van der Waals surface area (Å²) in [4.78, 5) is 14.3. The zero-order valence-corrected chi connectivity index (χ0v) is 18.3. The third-order valence-corrected chi connectivity index (χ3v) is 6.72. The van der Waals surface area contributed by atoms with E-state index in [2.05, 4.69) is 32.7 Å². The first-order valence-corrected chi connectivity index (χ1v) is 11.1. The van der Waals surface area contributed by atoms with Gasteiger partial charge in [0.05, 0.1) is 11.6 Å². The van der Waals surface area contributed by atoms with E-state index in [1.54, 1.807) is 11.0 Å². The molecule has 5 nitrogen and oxygen atoms in total. The maximum atomic E-state index is 14.2. The number of aromatic hydroxyl groups is 1. The number of amides is 1. The number of rotatable bonds is 8. The SMILES string of the molecule is C=C(O)[C@@H](CC(C)C)NC(C)C1CCC(CN2Cc3ccc(O)c(F)c3C2=O)CC1. The number of nitrogens with one attached hydrogen (secondary N) is 1. The van der Waals surface area contributed by atoms with Crippen LogP contribution < -0.4 is 5.32 Å². The van der Waals surface area contributed by atoms with E-state index in [0.717, 1.165) is 32.1 Å². The number of hydrogen-bond donors (Lipinski definition) is 3. The van der Waals surface area contributed by atoms with Gasteiger partial charge in [-0.3, -0.25) is 4.79 Å². The van der Waals surface area contributed by atoms with Crippen LogP contribution in [-0.2, 0) is 6.54 Å². The lowest BCUT2D eigenvalue weighted by Crippen LogP contribution is -2.44. The second-order valence-corrected chi connectivity index (χ2v) is 9.53. The van der Waals surface area contributed by atoms with Crippen molar-refractivity contribution in [1.82, 2.24) is 10.2 Å². The highest BCUT2D eigenvalue weighted by Crippen LogP contribution is 2.35. The van der Waals surface area contributed by atoms with Crippen LogP contribution >= 0.6 is 0 Å². The van der Waals surface area contributed by atoms with Crippen molar-refractivity contribution in [2.75, 3.05) is 6.54 Å². The number of aliphatic hydroxyl groups excluding tert-OH is 1. The number of phenolic OH excluding ortho intramolecular Hbond substituents is 1. The van der Waals surface area contributed by atoms with Crippen molar-refractivity contribution in [3.05, 3.63) is 41.4 Å². The molecule has 0 saturated heterocycles. The van der Waals surface area contributed by atoms with Gasteiger partial charge in [-0.25, -0.2) is 4.39 Å². The Bertz CT molecular complexity index is 787. The van der Waals surface area contributed by atoms with Gasteiger partial charge in [0.25, 0.3) is 5.91 Å². The van der Waals surface area contributed by atoms with Gasteiger partial charge in [-0.1, -0.05) is 26.5 Å². The minimum atomic E-state index is -0.801. The van der Waals surface area contributed by atoms with Crippen molar-refractivity contribution in [1.29, 1.82) is 0 Å². The normalized spacial score (nSPS) is 23.5. The summed E-state index contributed by atoms with van der Waals surface area (Å²) in [5.74, 6) is 0.0300. The van der Waals surface area contributed by atoms with Crippen molar-refractivity contribution < 1.29 is 19.4 Å². The van der Waals surface area contributed by atoms with Gasteiger partial charge >= 0.3 is 0 Å². The Kier molecular flexibility index (Phi) is 7.06.